The van der Waals surface area contributed by atoms with Crippen LogP contribution in [0.1, 0.15) is 81.1 Å². The van der Waals surface area contributed by atoms with Crippen molar-refractivity contribution in [3.63, 3.8) is 0 Å². The number of ether oxygens (including phenoxy) is 4. The number of carbonyl (C=O) groups excluding carboxylic acids is 3. The molecule has 2 amide bonds. The molecule has 0 radical (unpaired) electrons. The molecule has 2 fully saturated rings. The first-order valence-corrected chi connectivity index (χ1v) is 12.3. The summed E-state index contributed by atoms with van der Waals surface area (Å²) in [5, 5.41) is 5.76. The summed E-state index contributed by atoms with van der Waals surface area (Å²) in [4.78, 5) is 37.4. The number of carbonyl (C=O) groups is 3. The van der Waals surface area contributed by atoms with E-state index < -0.39 is 34.6 Å². The van der Waals surface area contributed by atoms with Gasteiger partial charge in [-0.25, -0.2) is 0 Å². The van der Waals surface area contributed by atoms with E-state index in [0.717, 1.165) is 0 Å². The number of rotatable bonds is 10. The van der Waals surface area contributed by atoms with Crippen LogP contribution in [0, 0.1) is 10.8 Å². The summed E-state index contributed by atoms with van der Waals surface area (Å²) in [6.07, 6.45) is 0.660. The Balaban J connectivity index is 1.63. The highest BCUT2D eigenvalue weighted by molar-refractivity contribution is 5.82. The van der Waals surface area contributed by atoms with E-state index in [2.05, 4.69) is 10.6 Å². The van der Waals surface area contributed by atoms with E-state index in [1.54, 1.807) is 27.7 Å². The van der Waals surface area contributed by atoms with Gasteiger partial charge in [0.25, 0.3) is 0 Å². The first kappa shape index (κ1) is 28.7. The number of hydrogen-bond donors (Lipinski definition) is 2. The Labute approximate surface area is 204 Å². The van der Waals surface area contributed by atoms with Crippen LogP contribution in [0.2, 0.25) is 0 Å². The summed E-state index contributed by atoms with van der Waals surface area (Å²) in [7, 11) is 0. The molecule has 2 aliphatic heterocycles. The fraction of sp³-hybridized carbons (Fsp3) is 0.880. The van der Waals surface area contributed by atoms with Gasteiger partial charge in [0.05, 0.1) is 13.2 Å². The molecule has 0 aromatic rings. The van der Waals surface area contributed by atoms with Gasteiger partial charge in [0.1, 0.15) is 18.0 Å². The van der Waals surface area contributed by atoms with E-state index in [1.165, 1.54) is 0 Å². The lowest BCUT2D eigenvalue weighted by Gasteiger charge is -2.44. The maximum atomic E-state index is 12.6. The summed E-state index contributed by atoms with van der Waals surface area (Å²) < 4.78 is 23.0. The lowest BCUT2D eigenvalue weighted by molar-refractivity contribution is -0.304. The molecule has 0 bridgehead atoms. The van der Waals surface area contributed by atoms with Crippen LogP contribution >= 0.6 is 0 Å². The second-order valence-corrected chi connectivity index (χ2v) is 11.7. The number of Topliss-reactive ketones (excluding diaryl/α,β-unsaturated/α-hetero) is 1. The Morgan fingerprint density at radius 3 is 1.38 bits per heavy atom. The van der Waals surface area contributed by atoms with Gasteiger partial charge in [0.15, 0.2) is 11.6 Å². The molecule has 0 spiro atoms. The molecule has 0 aromatic carbocycles. The summed E-state index contributed by atoms with van der Waals surface area (Å²) in [6.45, 7) is 16.6. The molecule has 9 nitrogen and oxygen atoms in total. The molecule has 34 heavy (non-hydrogen) atoms. The number of amides is 2. The summed E-state index contributed by atoms with van der Waals surface area (Å²) in [5.41, 5.74) is -0.860. The fourth-order valence-corrected chi connectivity index (χ4v) is 3.95. The molecule has 0 aliphatic carbocycles. The average molecular weight is 485 g/mol. The predicted octanol–water partition coefficient (Wildman–Crippen LogP) is 2.70. The third-order valence-corrected chi connectivity index (χ3v) is 6.15. The SMILES string of the molecule is CC1(C)OCC(C)(C)C(C(=O)NCCCC(=O)CCCNC(=O)C2OC(C)(C)OCC2(C)C)O1. The normalized spacial score (nSPS) is 26.9. The standard InChI is InChI=1S/C25H44N2O7/c1-22(2)15-31-24(5,6)33-18(22)20(29)26-13-9-11-17(28)12-10-14-27-21(30)19-23(3,4)16-32-25(7,8)34-19/h18-19H,9-16H2,1-8H3,(H,26,29)(H,27,30). The van der Waals surface area contributed by atoms with Gasteiger partial charge in [-0.05, 0) is 40.5 Å². The molecule has 9 heteroatoms. The van der Waals surface area contributed by atoms with Crippen LogP contribution in [0.4, 0.5) is 0 Å². The van der Waals surface area contributed by atoms with Crippen molar-refractivity contribution in [2.24, 2.45) is 10.8 Å². The van der Waals surface area contributed by atoms with E-state index in [-0.39, 0.29) is 17.6 Å². The zero-order valence-electron chi connectivity index (χ0n) is 22.2. The van der Waals surface area contributed by atoms with Gasteiger partial charge in [0.2, 0.25) is 11.8 Å². The molecule has 2 atom stereocenters. The molecule has 2 aliphatic rings. The Morgan fingerprint density at radius 2 is 1.03 bits per heavy atom. The fourth-order valence-electron chi connectivity index (χ4n) is 3.95. The molecule has 2 unspecified atom stereocenters. The summed E-state index contributed by atoms with van der Waals surface area (Å²) in [6, 6.07) is 0. The maximum Gasteiger partial charge on any atom is 0.249 e. The van der Waals surface area contributed by atoms with Crippen molar-refractivity contribution in [1.29, 1.82) is 0 Å². The quantitative estimate of drug-likeness (QED) is 0.459. The Morgan fingerprint density at radius 1 is 0.676 bits per heavy atom. The van der Waals surface area contributed by atoms with Crippen molar-refractivity contribution in [3.05, 3.63) is 0 Å². The van der Waals surface area contributed by atoms with Crippen LogP contribution in [-0.2, 0) is 33.3 Å². The van der Waals surface area contributed by atoms with E-state index >= 15 is 0 Å². The third-order valence-electron chi connectivity index (χ3n) is 6.15. The Kier molecular flexibility index (Phi) is 9.29. The largest absolute Gasteiger partial charge is 0.354 e. The van der Waals surface area contributed by atoms with Crippen molar-refractivity contribution < 1.29 is 33.3 Å². The van der Waals surface area contributed by atoms with Crippen LogP contribution in [0.5, 0.6) is 0 Å². The van der Waals surface area contributed by atoms with Gasteiger partial charge in [0, 0.05) is 36.8 Å². The first-order valence-electron chi connectivity index (χ1n) is 12.3. The summed E-state index contributed by atoms with van der Waals surface area (Å²) in [5.74, 6) is -1.86. The predicted molar refractivity (Wildman–Crippen MR) is 127 cm³/mol. The van der Waals surface area contributed by atoms with Crippen LogP contribution in [0.15, 0.2) is 0 Å². The lowest BCUT2D eigenvalue weighted by atomic mass is 9.85. The van der Waals surface area contributed by atoms with Crippen LogP contribution in [0.25, 0.3) is 0 Å². The smallest absolute Gasteiger partial charge is 0.249 e. The minimum Gasteiger partial charge on any atom is -0.354 e. The Hall–Kier alpha value is -1.55. The number of nitrogens with one attached hydrogen (secondary N) is 2. The molecule has 2 saturated heterocycles. The highest BCUT2D eigenvalue weighted by Crippen LogP contribution is 2.35. The Bertz CT molecular complexity index is 686. The molecule has 196 valence electrons. The topological polar surface area (TPSA) is 112 Å². The molecule has 2 heterocycles. The second-order valence-electron chi connectivity index (χ2n) is 11.7. The number of ketones is 1. The minimum atomic E-state index is -0.800. The van der Waals surface area contributed by atoms with Crippen molar-refractivity contribution in [1.82, 2.24) is 10.6 Å². The first-order chi connectivity index (χ1) is 15.5. The number of hydrogen-bond acceptors (Lipinski definition) is 7. The molecule has 0 aromatic heterocycles. The minimum absolute atomic E-state index is 0.107. The monoisotopic (exact) mass is 484 g/mol. The van der Waals surface area contributed by atoms with Gasteiger partial charge >= 0.3 is 0 Å². The van der Waals surface area contributed by atoms with Gasteiger partial charge in [-0.2, -0.15) is 0 Å². The van der Waals surface area contributed by atoms with Crippen LogP contribution in [0.3, 0.4) is 0 Å². The van der Waals surface area contributed by atoms with Gasteiger partial charge in [-0.1, -0.05) is 27.7 Å². The average Bonchev–Trinajstić information content (AvgIpc) is 2.72. The van der Waals surface area contributed by atoms with Crippen molar-refractivity contribution in [2.45, 2.75) is 105 Å². The lowest BCUT2D eigenvalue weighted by Crippen LogP contribution is -2.56. The highest BCUT2D eigenvalue weighted by Gasteiger charge is 2.46. The second kappa shape index (κ2) is 11.0. The molecule has 2 N–H and O–H groups in total. The van der Waals surface area contributed by atoms with Crippen molar-refractivity contribution in [3.8, 4) is 0 Å². The van der Waals surface area contributed by atoms with E-state index in [0.29, 0.717) is 52.0 Å². The maximum absolute atomic E-state index is 12.6. The van der Waals surface area contributed by atoms with Gasteiger partial charge < -0.3 is 29.6 Å². The molecule has 0 saturated carbocycles. The van der Waals surface area contributed by atoms with E-state index in [9.17, 15) is 14.4 Å². The highest BCUT2D eigenvalue weighted by atomic mass is 16.7. The molecular weight excluding hydrogens is 440 g/mol. The third kappa shape index (κ3) is 8.29. The molecule has 2 rings (SSSR count). The van der Waals surface area contributed by atoms with Crippen LogP contribution < -0.4 is 10.6 Å². The van der Waals surface area contributed by atoms with Crippen molar-refractivity contribution >= 4 is 17.6 Å². The van der Waals surface area contributed by atoms with Crippen molar-refractivity contribution in [2.75, 3.05) is 26.3 Å². The van der Waals surface area contributed by atoms with Gasteiger partial charge in [-0.3, -0.25) is 14.4 Å². The van der Waals surface area contributed by atoms with Crippen LogP contribution in [-0.4, -0.2) is 67.7 Å². The van der Waals surface area contributed by atoms with E-state index in [1.807, 2.05) is 27.7 Å². The molecular formula is C25H44N2O7. The summed E-state index contributed by atoms with van der Waals surface area (Å²) >= 11 is 0. The zero-order valence-corrected chi connectivity index (χ0v) is 22.2. The van der Waals surface area contributed by atoms with Gasteiger partial charge in [-0.15, -0.1) is 0 Å². The zero-order chi connectivity index (χ0) is 25.8. The van der Waals surface area contributed by atoms with E-state index in [4.69, 9.17) is 18.9 Å².